The molecular weight excluding hydrogens is 282 g/mol. The predicted molar refractivity (Wildman–Crippen MR) is 81.6 cm³/mol. The van der Waals surface area contributed by atoms with Crippen LogP contribution in [0.15, 0.2) is 24.3 Å². The minimum Gasteiger partial charge on any atom is -0.497 e. The van der Waals surface area contributed by atoms with Gasteiger partial charge in [0.2, 0.25) is 5.91 Å². The molecule has 0 atom stereocenters. The van der Waals surface area contributed by atoms with Crippen LogP contribution in [0.25, 0.3) is 0 Å². The first-order valence-corrected chi connectivity index (χ1v) is 7.26. The van der Waals surface area contributed by atoms with E-state index in [1.54, 1.807) is 11.8 Å². The molecule has 0 fully saturated rings. The molecule has 2 aromatic rings. The first kappa shape index (κ1) is 15.9. The highest BCUT2D eigenvalue weighted by Gasteiger charge is 2.09. The standard InChI is InChI=1S/C15H21N5O2/c1-11(2)20-14(17-18-19-20)8-9-16-15(21)10-12-4-6-13(22-3)7-5-12/h4-7,11H,8-10H2,1-3H3,(H,16,21). The first-order valence-electron chi connectivity index (χ1n) is 7.26. The molecule has 1 aromatic heterocycles. The van der Waals surface area contributed by atoms with E-state index in [0.29, 0.717) is 19.4 Å². The van der Waals surface area contributed by atoms with Crippen LogP contribution >= 0.6 is 0 Å². The number of hydrogen-bond donors (Lipinski definition) is 1. The smallest absolute Gasteiger partial charge is 0.224 e. The van der Waals surface area contributed by atoms with Crippen molar-refractivity contribution in [1.82, 2.24) is 25.5 Å². The Bertz CT molecular complexity index is 607. The van der Waals surface area contributed by atoms with Crippen LogP contribution in [0.4, 0.5) is 0 Å². The van der Waals surface area contributed by atoms with Crippen molar-refractivity contribution in [3.63, 3.8) is 0 Å². The lowest BCUT2D eigenvalue weighted by atomic mass is 10.1. The van der Waals surface area contributed by atoms with Gasteiger partial charge < -0.3 is 10.1 Å². The van der Waals surface area contributed by atoms with Crippen molar-refractivity contribution in [2.75, 3.05) is 13.7 Å². The fraction of sp³-hybridized carbons (Fsp3) is 0.467. The summed E-state index contributed by atoms with van der Waals surface area (Å²) in [5.41, 5.74) is 0.949. The molecule has 7 nitrogen and oxygen atoms in total. The monoisotopic (exact) mass is 303 g/mol. The Morgan fingerprint density at radius 3 is 2.68 bits per heavy atom. The average Bonchev–Trinajstić information content (AvgIpc) is 2.97. The molecule has 7 heteroatoms. The summed E-state index contributed by atoms with van der Waals surface area (Å²) in [5, 5.41) is 14.5. The second-order valence-corrected chi connectivity index (χ2v) is 5.26. The summed E-state index contributed by atoms with van der Waals surface area (Å²) in [6, 6.07) is 7.67. The molecule has 118 valence electrons. The Kier molecular flexibility index (Phi) is 5.46. The summed E-state index contributed by atoms with van der Waals surface area (Å²) in [5.74, 6) is 1.54. The number of hydrogen-bond acceptors (Lipinski definition) is 5. The number of carbonyl (C=O) groups excluding carboxylic acids is 1. The van der Waals surface area contributed by atoms with E-state index in [-0.39, 0.29) is 11.9 Å². The van der Waals surface area contributed by atoms with Gasteiger partial charge in [0.15, 0.2) is 5.82 Å². The summed E-state index contributed by atoms with van der Waals surface area (Å²) in [6.45, 7) is 4.55. The zero-order valence-corrected chi connectivity index (χ0v) is 13.1. The molecule has 1 aromatic carbocycles. The number of amides is 1. The molecule has 1 heterocycles. The number of nitrogens with zero attached hydrogens (tertiary/aromatic N) is 4. The van der Waals surface area contributed by atoms with E-state index < -0.39 is 0 Å². The number of rotatable bonds is 7. The highest BCUT2D eigenvalue weighted by Crippen LogP contribution is 2.11. The van der Waals surface area contributed by atoms with Crippen molar-refractivity contribution in [2.24, 2.45) is 0 Å². The fourth-order valence-electron chi connectivity index (χ4n) is 2.08. The maximum atomic E-state index is 11.9. The Hall–Kier alpha value is -2.44. The molecule has 0 spiro atoms. The van der Waals surface area contributed by atoms with Crippen LogP contribution in [0.1, 0.15) is 31.3 Å². The molecule has 0 radical (unpaired) electrons. The van der Waals surface area contributed by atoms with Gasteiger partial charge in [0.25, 0.3) is 0 Å². The van der Waals surface area contributed by atoms with Gasteiger partial charge in [-0.15, -0.1) is 5.10 Å². The second-order valence-electron chi connectivity index (χ2n) is 5.26. The molecule has 2 rings (SSSR count). The molecule has 0 aliphatic rings. The van der Waals surface area contributed by atoms with E-state index in [4.69, 9.17) is 4.74 Å². The van der Waals surface area contributed by atoms with Gasteiger partial charge in [0.05, 0.1) is 19.6 Å². The van der Waals surface area contributed by atoms with Gasteiger partial charge in [-0.2, -0.15) is 0 Å². The van der Waals surface area contributed by atoms with Gasteiger partial charge in [0, 0.05) is 13.0 Å². The molecule has 0 aliphatic heterocycles. The molecule has 0 saturated heterocycles. The van der Waals surface area contributed by atoms with Crippen molar-refractivity contribution in [2.45, 2.75) is 32.7 Å². The van der Waals surface area contributed by atoms with Crippen LogP contribution in [0.3, 0.4) is 0 Å². The summed E-state index contributed by atoms with van der Waals surface area (Å²) >= 11 is 0. The van der Waals surface area contributed by atoms with Gasteiger partial charge in [-0.25, -0.2) is 4.68 Å². The van der Waals surface area contributed by atoms with E-state index in [9.17, 15) is 4.79 Å². The molecule has 0 bridgehead atoms. The number of aromatic nitrogens is 4. The molecule has 1 amide bonds. The van der Waals surface area contributed by atoms with Gasteiger partial charge in [-0.1, -0.05) is 12.1 Å². The SMILES string of the molecule is COc1ccc(CC(=O)NCCc2nnnn2C(C)C)cc1. The molecule has 0 aliphatic carbocycles. The van der Waals surface area contributed by atoms with Crippen LogP contribution in [0.5, 0.6) is 5.75 Å². The fourth-order valence-corrected chi connectivity index (χ4v) is 2.08. The summed E-state index contributed by atoms with van der Waals surface area (Å²) in [7, 11) is 1.62. The van der Waals surface area contributed by atoms with E-state index in [1.807, 2.05) is 38.1 Å². The lowest BCUT2D eigenvalue weighted by Gasteiger charge is -2.08. The maximum Gasteiger partial charge on any atom is 0.224 e. The van der Waals surface area contributed by atoms with Crippen molar-refractivity contribution < 1.29 is 9.53 Å². The maximum absolute atomic E-state index is 11.9. The third kappa shape index (κ3) is 4.28. The highest BCUT2D eigenvalue weighted by atomic mass is 16.5. The van der Waals surface area contributed by atoms with Crippen LogP contribution in [-0.2, 0) is 17.6 Å². The van der Waals surface area contributed by atoms with Crippen LogP contribution in [0, 0.1) is 0 Å². The third-order valence-electron chi connectivity index (χ3n) is 3.24. The van der Waals surface area contributed by atoms with E-state index >= 15 is 0 Å². The summed E-state index contributed by atoms with van der Waals surface area (Å²) < 4.78 is 6.85. The normalized spacial score (nSPS) is 10.7. The molecular formula is C15H21N5O2. The van der Waals surface area contributed by atoms with Gasteiger partial charge in [-0.05, 0) is 42.0 Å². The number of nitrogens with one attached hydrogen (secondary N) is 1. The zero-order chi connectivity index (χ0) is 15.9. The Morgan fingerprint density at radius 2 is 2.05 bits per heavy atom. The molecule has 0 saturated carbocycles. The number of carbonyl (C=O) groups is 1. The van der Waals surface area contributed by atoms with Crippen molar-refractivity contribution >= 4 is 5.91 Å². The largest absolute Gasteiger partial charge is 0.497 e. The molecule has 0 unspecified atom stereocenters. The predicted octanol–water partition coefficient (Wildman–Crippen LogP) is 1.16. The van der Waals surface area contributed by atoms with E-state index in [2.05, 4.69) is 20.8 Å². The number of ether oxygens (including phenoxy) is 1. The molecule has 1 N–H and O–H groups in total. The topological polar surface area (TPSA) is 81.9 Å². The van der Waals surface area contributed by atoms with Crippen molar-refractivity contribution in [1.29, 1.82) is 0 Å². The highest BCUT2D eigenvalue weighted by molar-refractivity contribution is 5.78. The number of tetrazole rings is 1. The van der Waals surface area contributed by atoms with Crippen molar-refractivity contribution in [3.05, 3.63) is 35.7 Å². The van der Waals surface area contributed by atoms with Crippen LogP contribution in [0.2, 0.25) is 0 Å². The number of methoxy groups -OCH3 is 1. The second kappa shape index (κ2) is 7.53. The van der Waals surface area contributed by atoms with Gasteiger partial charge in [0.1, 0.15) is 5.75 Å². The van der Waals surface area contributed by atoms with Crippen molar-refractivity contribution in [3.8, 4) is 5.75 Å². The van der Waals surface area contributed by atoms with Gasteiger partial charge in [-0.3, -0.25) is 4.79 Å². The quantitative estimate of drug-likeness (QED) is 0.830. The van der Waals surface area contributed by atoms with E-state index in [1.165, 1.54) is 0 Å². The molecule has 22 heavy (non-hydrogen) atoms. The van der Waals surface area contributed by atoms with Crippen LogP contribution < -0.4 is 10.1 Å². The Labute approximate surface area is 129 Å². The van der Waals surface area contributed by atoms with Crippen LogP contribution in [-0.4, -0.2) is 39.8 Å². The van der Waals surface area contributed by atoms with Gasteiger partial charge >= 0.3 is 0 Å². The summed E-state index contributed by atoms with van der Waals surface area (Å²) in [6.07, 6.45) is 0.957. The lowest BCUT2D eigenvalue weighted by Crippen LogP contribution is -2.28. The van der Waals surface area contributed by atoms with E-state index in [0.717, 1.165) is 17.1 Å². The number of benzene rings is 1. The Balaban J connectivity index is 1.79. The third-order valence-corrected chi connectivity index (χ3v) is 3.24. The Morgan fingerprint density at radius 1 is 1.32 bits per heavy atom. The minimum absolute atomic E-state index is 0.0197. The summed E-state index contributed by atoms with van der Waals surface area (Å²) in [4.78, 5) is 11.9. The minimum atomic E-state index is -0.0197. The zero-order valence-electron chi connectivity index (χ0n) is 13.1. The first-order chi connectivity index (χ1) is 10.6. The average molecular weight is 303 g/mol. The lowest BCUT2D eigenvalue weighted by molar-refractivity contribution is -0.120.